The molecule has 0 fully saturated rings. The minimum Gasteiger partial charge on any atom is -0.330 e. The molecule has 0 bridgehead atoms. The van der Waals surface area contributed by atoms with Crippen LogP contribution < -0.4 is 5.73 Å². The second-order valence-corrected chi connectivity index (χ2v) is 2.73. The maximum Gasteiger partial charge on any atom is 0.0101 e. The highest BCUT2D eigenvalue weighted by Gasteiger charge is 1.95. The maximum atomic E-state index is 5.35. The van der Waals surface area contributed by atoms with Crippen molar-refractivity contribution in [2.75, 3.05) is 25.9 Å². The van der Waals surface area contributed by atoms with Crippen molar-refractivity contribution in [3.8, 4) is 0 Å². The predicted molar refractivity (Wildman–Crippen MR) is 44.4 cm³/mol. The summed E-state index contributed by atoms with van der Waals surface area (Å²) in [6, 6.07) is 0. The predicted octanol–water partition coefficient (Wildman–Crippen LogP) is 0.935. The van der Waals surface area contributed by atoms with E-state index in [-0.39, 0.29) is 0 Å². The van der Waals surface area contributed by atoms with Gasteiger partial charge in [-0.25, -0.2) is 0 Å². The molecule has 9 heavy (non-hydrogen) atoms. The first-order valence-corrected chi connectivity index (χ1v) is 4.52. The van der Waals surface area contributed by atoms with E-state index in [1.807, 2.05) is 0 Å². The summed E-state index contributed by atoms with van der Waals surface area (Å²) in [6.45, 7) is 5.19. The third kappa shape index (κ3) is 4.75. The van der Waals surface area contributed by atoms with Gasteiger partial charge in [-0.15, -0.1) is 0 Å². The first-order chi connectivity index (χ1) is 4.35. The fraction of sp³-hybridized carbons (Fsp3) is 1.00. The summed E-state index contributed by atoms with van der Waals surface area (Å²) in [4.78, 5) is 0. The van der Waals surface area contributed by atoms with E-state index in [4.69, 9.17) is 5.73 Å². The summed E-state index contributed by atoms with van der Waals surface area (Å²) >= 11 is 1.79. The normalized spacial score (nSPS) is 10.7. The van der Waals surface area contributed by atoms with Gasteiger partial charge >= 0.3 is 0 Å². The SMILES string of the molecule is CCN(CCCN)SC. The Bertz CT molecular complexity index is 55.0. The van der Waals surface area contributed by atoms with Crippen LogP contribution in [-0.2, 0) is 0 Å². The van der Waals surface area contributed by atoms with Gasteiger partial charge < -0.3 is 5.73 Å². The van der Waals surface area contributed by atoms with Crippen LogP contribution in [0.1, 0.15) is 13.3 Å². The molecule has 0 atom stereocenters. The Morgan fingerprint density at radius 2 is 2.22 bits per heavy atom. The Kier molecular flexibility index (Phi) is 6.58. The maximum absolute atomic E-state index is 5.35. The molecule has 0 amide bonds. The van der Waals surface area contributed by atoms with Crippen LogP contribution in [-0.4, -0.2) is 30.2 Å². The lowest BCUT2D eigenvalue weighted by Gasteiger charge is -2.15. The quantitative estimate of drug-likeness (QED) is 0.588. The fourth-order valence-electron chi connectivity index (χ4n) is 0.646. The molecule has 0 aliphatic rings. The van der Waals surface area contributed by atoms with Gasteiger partial charge in [0.2, 0.25) is 0 Å². The molecule has 0 saturated heterocycles. The van der Waals surface area contributed by atoms with Gasteiger partial charge in [0.05, 0.1) is 0 Å². The van der Waals surface area contributed by atoms with Gasteiger partial charge in [0.25, 0.3) is 0 Å². The summed E-state index contributed by atoms with van der Waals surface area (Å²) in [5.41, 5.74) is 5.35. The summed E-state index contributed by atoms with van der Waals surface area (Å²) < 4.78 is 2.30. The number of rotatable bonds is 5. The average Bonchev–Trinajstić information content (AvgIpc) is 1.91. The standard InChI is InChI=1S/C6H16N2S/c1-3-8(9-2)6-4-5-7/h3-7H2,1-2H3. The van der Waals surface area contributed by atoms with Crippen molar-refractivity contribution in [3.63, 3.8) is 0 Å². The van der Waals surface area contributed by atoms with Gasteiger partial charge in [0.1, 0.15) is 0 Å². The summed E-state index contributed by atoms with van der Waals surface area (Å²) in [6.07, 6.45) is 3.20. The lowest BCUT2D eigenvalue weighted by Crippen LogP contribution is -2.18. The van der Waals surface area contributed by atoms with Crippen LogP contribution in [0.2, 0.25) is 0 Å². The van der Waals surface area contributed by atoms with Crippen LogP contribution in [0.15, 0.2) is 0 Å². The van der Waals surface area contributed by atoms with E-state index in [1.54, 1.807) is 11.9 Å². The van der Waals surface area contributed by atoms with Crippen molar-refractivity contribution in [2.45, 2.75) is 13.3 Å². The molecule has 3 heteroatoms. The zero-order valence-electron chi connectivity index (χ0n) is 6.26. The van der Waals surface area contributed by atoms with Crippen LogP contribution in [0.4, 0.5) is 0 Å². The highest BCUT2D eigenvalue weighted by Crippen LogP contribution is 2.03. The van der Waals surface area contributed by atoms with Gasteiger partial charge in [0.15, 0.2) is 0 Å². The molecule has 0 unspecified atom stereocenters. The smallest absolute Gasteiger partial charge is 0.0101 e. The minimum atomic E-state index is 0.803. The zero-order valence-corrected chi connectivity index (χ0v) is 7.08. The number of hydrogen-bond acceptors (Lipinski definition) is 3. The van der Waals surface area contributed by atoms with Gasteiger partial charge in [-0.3, -0.25) is 4.31 Å². The molecule has 0 radical (unpaired) electrons. The van der Waals surface area contributed by atoms with E-state index in [0.29, 0.717) is 0 Å². The van der Waals surface area contributed by atoms with Crippen molar-refractivity contribution in [2.24, 2.45) is 5.73 Å². The first kappa shape index (κ1) is 9.27. The van der Waals surface area contributed by atoms with Crippen LogP contribution in [0.3, 0.4) is 0 Å². The molecule has 0 aromatic carbocycles. The van der Waals surface area contributed by atoms with Crippen molar-refractivity contribution in [1.29, 1.82) is 0 Å². The lowest BCUT2D eigenvalue weighted by atomic mass is 10.4. The molecule has 0 aromatic rings. The largest absolute Gasteiger partial charge is 0.330 e. The Morgan fingerprint density at radius 1 is 1.56 bits per heavy atom. The molecule has 2 nitrogen and oxygen atoms in total. The van der Waals surface area contributed by atoms with Crippen molar-refractivity contribution in [3.05, 3.63) is 0 Å². The van der Waals surface area contributed by atoms with E-state index < -0.39 is 0 Å². The van der Waals surface area contributed by atoms with Gasteiger partial charge in [-0.2, -0.15) is 0 Å². The van der Waals surface area contributed by atoms with Gasteiger partial charge in [-0.1, -0.05) is 18.9 Å². The molecule has 2 N–H and O–H groups in total. The highest BCUT2D eigenvalue weighted by atomic mass is 32.2. The highest BCUT2D eigenvalue weighted by molar-refractivity contribution is 7.96. The second kappa shape index (κ2) is 6.39. The Morgan fingerprint density at radius 3 is 2.56 bits per heavy atom. The summed E-state index contributed by atoms with van der Waals surface area (Å²) in [5, 5.41) is 0. The molecule has 0 saturated carbocycles. The van der Waals surface area contributed by atoms with E-state index >= 15 is 0 Å². The molecular formula is C6H16N2S. The lowest BCUT2D eigenvalue weighted by molar-refractivity contribution is 0.487. The minimum absolute atomic E-state index is 0.803. The van der Waals surface area contributed by atoms with Crippen LogP contribution in [0, 0.1) is 0 Å². The van der Waals surface area contributed by atoms with Gasteiger partial charge in [0, 0.05) is 13.1 Å². The molecule has 0 aromatic heterocycles. The van der Waals surface area contributed by atoms with Crippen LogP contribution in [0.25, 0.3) is 0 Å². The molecule has 0 spiro atoms. The van der Waals surface area contributed by atoms with Gasteiger partial charge in [-0.05, 0) is 19.2 Å². The molecule has 0 aliphatic heterocycles. The van der Waals surface area contributed by atoms with Crippen LogP contribution >= 0.6 is 11.9 Å². The molecule has 0 aliphatic carbocycles. The fourth-order valence-corrected chi connectivity index (χ4v) is 1.22. The Balaban J connectivity index is 3.09. The van der Waals surface area contributed by atoms with Crippen LogP contribution in [0.5, 0.6) is 0 Å². The van der Waals surface area contributed by atoms with Crippen molar-refractivity contribution < 1.29 is 0 Å². The average molecular weight is 148 g/mol. The number of hydrogen-bond donors (Lipinski definition) is 1. The van der Waals surface area contributed by atoms with E-state index in [0.717, 1.165) is 26.1 Å². The number of nitrogens with zero attached hydrogens (tertiary/aromatic N) is 1. The second-order valence-electron chi connectivity index (χ2n) is 1.85. The molecular weight excluding hydrogens is 132 g/mol. The Hall–Kier alpha value is 0.270. The summed E-state index contributed by atoms with van der Waals surface area (Å²) in [7, 11) is 0. The first-order valence-electron chi connectivity index (χ1n) is 3.34. The molecule has 56 valence electrons. The monoisotopic (exact) mass is 148 g/mol. The molecule has 0 rings (SSSR count). The van der Waals surface area contributed by atoms with E-state index in [9.17, 15) is 0 Å². The molecule has 0 heterocycles. The zero-order chi connectivity index (χ0) is 7.11. The third-order valence-corrected chi connectivity index (χ3v) is 2.18. The van der Waals surface area contributed by atoms with E-state index in [1.165, 1.54) is 0 Å². The van der Waals surface area contributed by atoms with Crippen molar-refractivity contribution >= 4 is 11.9 Å². The topological polar surface area (TPSA) is 29.3 Å². The third-order valence-electron chi connectivity index (χ3n) is 1.22. The Labute approximate surface area is 61.9 Å². The van der Waals surface area contributed by atoms with Crippen molar-refractivity contribution in [1.82, 2.24) is 4.31 Å². The number of nitrogens with two attached hydrogens (primary N) is 1. The van der Waals surface area contributed by atoms with E-state index in [2.05, 4.69) is 17.5 Å². The summed E-state index contributed by atoms with van der Waals surface area (Å²) in [5.74, 6) is 0.